The molecule has 3 aliphatic rings. The molecule has 9 heteroatoms. The number of para-hydroxylation sites is 1. The van der Waals surface area contributed by atoms with E-state index < -0.39 is 0 Å². The first-order valence-corrected chi connectivity index (χ1v) is 13.2. The van der Waals surface area contributed by atoms with Gasteiger partial charge in [-0.15, -0.1) is 0 Å². The van der Waals surface area contributed by atoms with Crippen molar-refractivity contribution in [3.63, 3.8) is 0 Å². The molecular formula is C26H28BrN4O4+. The minimum atomic E-state index is -0.204. The molecule has 1 amide bonds. The number of benzene rings is 2. The van der Waals surface area contributed by atoms with Crippen molar-refractivity contribution in [3.8, 4) is 5.75 Å². The molecule has 2 aromatic carbocycles. The Bertz CT molecular complexity index is 1270. The van der Waals surface area contributed by atoms with Gasteiger partial charge in [0.15, 0.2) is 11.1 Å². The first-order valence-electron chi connectivity index (χ1n) is 12.4. The summed E-state index contributed by atoms with van der Waals surface area (Å²) in [6.45, 7) is 2.84. The smallest absolute Gasteiger partial charge is 0.320 e. The van der Waals surface area contributed by atoms with E-state index in [2.05, 4.69) is 28.9 Å². The molecule has 1 aromatic heterocycles. The Hall–Kier alpha value is -2.78. The first kappa shape index (κ1) is 22.7. The fraction of sp³-hybridized carbons (Fsp3) is 0.462. The van der Waals surface area contributed by atoms with Crippen LogP contribution in [0.4, 0.5) is 5.69 Å². The number of halogens is 1. The molecule has 0 bridgehead atoms. The predicted molar refractivity (Wildman–Crippen MR) is 134 cm³/mol. The van der Waals surface area contributed by atoms with Gasteiger partial charge in [-0.3, -0.25) is 4.79 Å². The normalized spacial score (nSPS) is 24.7. The summed E-state index contributed by atoms with van der Waals surface area (Å²) in [4.78, 5) is 26.4. The number of hydrazine groups is 1. The van der Waals surface area contributed by atoms with Crippen LogP contribution in [0, 0.1) is 11.8 Å². The monoisotopic (exact) mass is 539 g/mol. The summed E-state index contributed by atoms with van der Waals surface area (Å²) in [6.07, 6.45) is 6.25. The molecule has 0 radical (unpaired) electrons. The molecule has 1 saturated carbocycles. The summed E-state index contributed by atoms with van der Waals surface area (Å²) < 4.78 is 15.2. The Kier molecular flexibility index (Phi) is 5.84. The molecule has 1 atom stereocenters. The molecule has 3 heterocycles. The number of rotatable bonds is 4. The molecular weight excluding hydrogens is 512 g/mol. The Labute approximate surface area is 211 Å². The van der Waals surface area contributed by atoms with E-state index in [4.69, 9.17) is 14.6 Å². The first-order chi connectivity index (χ1) is 17.0. The Morgan fingerprint density at radius 1 is 1.09 bits per heavy atom. The van der Waals surface area contributed by atoms with Gasteiger partial charge in [0.25, 0.3) is 0 Å². The molecule has 3 aromatic rings. The zero-order valence-corrected chi connectivity index (χ0v) is 21.2. The number of hydrogen-bond donors (Lipinski definition) is 0. The lowest BCUT2D eigenvalue weighted by Crippen LogP contribution is -2.43. The van der Waals surface area contributed by atoms with Crippen LogP contribution in [0.15, 0.2) is 41.0 Å². The summed E-state index contributed by atoms with van der Waals surface area (Å²) in [7, 11) is 0. The number of amides is 1. The third-order valence-electron chi connectivity index (χ3n) is 7.50. The van der Waals surface area contributed by atoms with Gasteiger partial charge >= 0.3 is 11.6 Å². The van der Waals surface area contributed by atoms with Crippen LogP contribution in [0.2, 0.25) is 0 Å². The zero-order valence-electron chi connectivity index (χ0n) is 19.7. The van der Waals surface area contributed by atoms with Gasteiger partial charge in [-0.25, -0.2) is 4.68 Å². The van der Waals surface area contributed by atoms with E-state index in [9.17, 15) is 9.70 Å². The number of carbonyl (C=O) groups is 1. The second-order valence-corrected chi connectivity index (χ2v) is 10.4. The van der Waals surface area contributed by atoms with Crippen LogP contribution in [0.3, 0.4) is 0 Å². The van der Waals surface area contributed by atoms with Gasteiger partial charge in [0, 0.05) is 23.6 Å². The van der Waals surface area contributed by atoms with Crippen molar-refractivity contribution in [1.82, 2.24) is 14.8 Å². The number of nitroso groups, excluding NO2 is 1. The van der Waals surface area contributed by atoms with Crippen molar-refractivity contribution in [2.24, 2.45) is 0 Å². The summed E-state index contributed by atoms with van der Waals surface area (Å²) in [5.41, 5.74) is 3.01. The second kappa shape index (κ2) is 9.02. The number of aromatic nitrogens is 2. The number of fused-ring (bicyclic) bond motifs is 2. The maximum atomic E-state index is 12.8. The summed E-state index contributed by atoms with van der Waals surface area (Å²) in [6, 6.07) is 11.0. The predicted octanol–water partition coefficient (Wildman–Crippen LogP) is 5.98. The van der Waals surface area contributed by atoms with Crippen LogP contribution < -0.4 is 4.74 Å². The third-order valence-corrected chi connectivity index (χ3v) is 8.05. The number of hydrogen-bond acceptors (Lipinski definition) is 5. The Balaban J connectivity index is 1.16. The fourth-order valence-corrected chi connectivity index (χ4v) is 6.31. The number of aryl methyl sites for hydroxylation is 1. The van der Waals surface area contributed by atoms with E-state index in [0.29, 0.717) is 11.3 Å². The van der Waals surface area contributed by atoms with E-state index >= 15 is 0 Å². The highest BCUT2D eigenvalue weighted by Crippen LogP contribution is 2.38. The van der Waals surface area contributed by atoms with Gasteiger partial charge in [-0.05, 0) is 86.0 Å². The van der Waals surface area contributed by atoms with Crippen LogP contribution in [-0.2, 0) is 4.74 Å². The topological polar surface area (TPSA) is 76.7 Å². The number of carbonyl (C=O) groups excluding carboxylic acids is 1. The zero-order chi connectivity index (χ0) is 24.1. The number of nitrogens with zero attached hydrogens (tertiary/aromatic N) is 4. The lowest BCUT2D eigenvalue weighted by atomic mass is 9.92. The lowest BCUT2D eigenvalue weighted by Gasteiger charge is -2.30. The minimum absolute atomic E-state index is 0.0287. The maximum Gasteiger partial charge on any atom is 0.320 e. The molecule has 0 spiro atoms. The van der Waals surface area contributed by atoms with Crippen molar-refractivity contribution >= 4 is 38.4 Å². The van der Waals surface area contributed by atoms with Crippen molar-refractivity contribution in [1.29, 1.82) is 0 Å². The van der Waals surface area contributed by atoms with Crippen LogP contribution >= 0.6 is 15.9 Å². The van der Waals surface area contributed by atoms with Gasteiger partial charge in [0.2, 0.25) is 0 Å². The highest BCUT2D eigenvalue weighted by molar-refractivity contribution is 9.10. The maximum absolute atomic E-state index is 12.8. The lowest BCUT2D eigenvalue weighted by molar-refractivity contribution is -0.620. The largest absolute Gasteiger partial charge is 0.490 e. The molecule has 1 saturated heterocycles. The quantitative estimate of drug-likeness (QED) is 0.381. The molecule has 1 unspecified atom stereocenters. The summed E-state index contributed by atoms with van der Waals surface area (Å²) >= 11 is 3.65. The molecule has 182 valence electrons. The van der Waals surface area contributed by atoms with Crippen molar-refractivity contribution < 1.29 is 19.1 Å². The third kappa shape index (κ3) is 3.85. The standard InChI is InChI=1S/C26H28BrN4O4/c1-16-22(14-13-21-24(16)25(27)28-29(21)23-8-4-5-15-34-23)35-18-11-9-17(10-12-18)30-26(32)19-6-2-3-7-20(19)31(30)33/h2-3,6-7,13-14,17-18,23H,4-5,8-12,15H2,1H3/q+1/t17-,18+,23?. The molecule has 0 N–H and O–H groups in total. The van der Waals surface area contributed by atoms with Gasteiger partial charge in [-0.1, -0.05) is 17.1 Å². The SMILES string of the molecule is Cc1c(O[C@H]2CC[C@@H](N3C(=O)c4ccccc4[N+]3=O)CC2)ccc2c1c(Br)nn2C1CCCCO1. The van der Waals surface area contributed by atoms with E-state index in [1.807, 2.05) is 10.7 Å². The Morgan fingerprint density at radius 3 is 2.63 bits per heavy atom. The molecule has 2 fully saturated rings. The van der Waals surface area contributed by atoms with Crippen molar-refractivity contribution in [3.05, 3.63) is 57.0 Å². The molecule has 1 aliphatic carbocycles. The van der Waals surface area contributed by atoms with Crippen molar-refractivity contribution in [2.75, 3.05) is 6.61 Å². The average molecular weight is 540 g/mol. The molecule has 8 nitrogen and oxygen atoms in total. The van der Waals surface area contributed by atoms with Gasteiger partial charge < -0.3 is 9.47 Å². The van der Waals surface area contributed by atoms with E-state index in [1.165, 1.54) is 5.01 Å². The average Bonchev–Trinajstić information content (AvgIpc) is 3.36. The minimum Gasteiger partial charge on any atom is -0.490 e. The van der Waals surface area contributed by atoms with Crippen LogP contribution in [0.25, 0.3) is 10.9 Å². The highest BCUT2D eigenvalue weighted by atomic mass is 79.9. The molecule has 6 rings (SSSR count). The van der Waals surface area contributed by atoms with E-state index in [-0.39, 0.29) is 24.3 Å². The van der Waals surface area contributed by atoms with Crippen LogP contribution in [0.1, 0.15) is 67.1 Å². The van der Waals surface area contributed by atoms with E-state index in [1.54, 1.807) is 24.3 Å². The van der Waals surface area contributed by atoms with E-state index in [0.717, 1.165) is 83.2 Å². The summed E-state index contributed by atoms with van der Waals surface area (Å²) in [5.74, 6) is 0.644. The Morgan fingerprint density at radius 2 is 1.89 bits per heavy atom. The molecule has 35 heavy (non-hydrogen) atoms. The van der Waals surface area contributed by atoms with Gasteiger partial charge in [-0.2, -0.15) is 5.10 Å². The summed E-state index contributed by atoms with van der Waals surface area (Å²) in [5, 5.41) is 7.16. The van der Waals surface area contributed by atoms with Gasteiger partial charge in [0.1, 0.15) is 15.9 Å². The van der Waals surface area contributed by atoms with Crippen molar-refractivity contribution in [2.45, 2.75) is 70.2 Å². The highest BCUT2D eigenvalue weighted by Gasteiger charge is 2.49. The second-order valence-electron chi connectivity index (χ2n) is 9.63. The van der Waals surface area contributed by atoms with Gasteiger partial charge in [0.05, 0.1) is 22.6 Å². The van der Waals surface area contributed by atoms with Crippen LogP contribution in [0.5, 0.6) is 5.75 Å². The number of ether oxygens (including phenoxy) is 2. The fourth-order valence-electron chi connectivity index (χ4n) is 5.64. The van der Waals surface area contributed by atoms with Crippen LogP contribution in [-0.4, -0.2) is 44.3 Å². The molecule has 2 aliphatic heterocycles.